The molecule has 1 radical (unpaired) electrons. The summed E-state index contributed by atoms with van der Waals surface area (Å²) in [5.74, 6) is 0.0423. The van der Waals surface area contributed by atoms with Crippen LogP contribution in [0.2, 0.25) is 5.02 Å². The van der Waals surface area contributed by atoms with Gasteiger partial charge in [0.2, 0.25) is 0 Å². The van der Waals surface area contributed by atoms with Crippen LogP contribution in [-0.2, 0) is 5.41 Å². The predicted molar refractivity (Wildman–Crippen MR) is 75.2 cm³/mol. The Bertz CT molecular complexity index is 456. The van der Waals surface area contributed by atoms with Gasteiger partial charge in [0.05, 0.1) is 0 Å². The van der Waals surface area contributed by atoms with E-state index < -0.39 is 0 Å². The van der Waals surface area contributed by atoms with Crippen molar-refractivity contribution < 1.29 is 5.11 Å². The summed E-state index contributed by atoms with van der Waals surface area (Å²) in [6.07, 6.45) is 0. The van der Waals surface area contributed by atoms with Gasteiger partial charge in [-0.15, -0.1) is 5.75 Å². The zero-order chi connectivity index (χ0) is 12.5. The first kappa shape index (κ1) is 15.6. The van der Waals surface area contributed by atoms with Crippen molar-refractivity contribution >= 4 is 41.2 Å². The molecule has 0 spiro atoms. The van der Waals surface area contributed by atoms with Crippen molar-refractivity contribution in [2.24, 2.45) is 0 Å². The van der Waals surface area contributed by atoms with Crippen LogP contribution in [0.3, 0.4) is 0 Å². The maximum Gasteiger partial charge on any atom is 0.0406 e. The second-order valence-corrected chi connectivity index (χ2v) is 5.09. The molecule has 0 saturated heterocycles. The van der Waals surface area contributed by atoms with Crippen LogP contribution in [0.15, 0.2) is 48.5 Å². The molecule has 0 bridgehead atoms. The van der Waals surface area contributed by atoms with Gasteiger partial charge in [-0.2, -0.15) is 0 Å². The molecule has 2 aromatic carbocycles. The minimum atomic E-state index is -0.127. The molecule has 2 rings (SSSR count). The third-order valence-electron chi connectivity index (χ3n) is 3.14. The molecule has 0 fully saturated rings. The molecular formula is C15H14ClNaO-. The van der Waals surface area contributed by atoms with E-state index >= 15 is 0 Å². The maximum absolute atomic E-state index is 11.1. The first-order valence-electron chi connectivity index (χ1n) is 5.54. The summed E-state index contributed by atoms with van der Waals surface area (Å²) >= 11 is 5.89. The van der Waals surface area contributed by atoms with Crippen LogP contribution < -0.4 is 5.11 Å². The van der Waals surface area contributed by atoms with E-state index in [0.717, 1.165) is 10.6 Å². The monoisotopic (exact) mass is 268 g/mol. The Morgan fingerprint density at radius 3 is 1.67 bits per heavy atom. The minimum absolute atomic E-state index is 0. The van der Waals surface area contributed by atoms with E-state index in [4.69, 9.17) is 11.6 Å². The van der Waals surface area contributed by atoms with Crippen molar-refractivity contribution in [3.63, 3.8) is 0 Å². The van der Waals surface area contributed by atoms with E-state index in [-0.39, 0.29) is 40.7 Å². The number of hydrogen-bond donors (Lipinski definition) is 0. The summed E-state index contributed by atoms with van der Waals surface area (Å²) in [5.41, 5.74) is 2.18. The second-order valence-electron chi connectivity index (χ2n) is 4.66. The van der Waals surface area contributed by atoms with Gasteiger partial charge in [0.25, 0.3) is 0 Å². The second kappa shape index (κ2) is 6.12. The van der Waals surface area contributed by atoms with Gasteiger partial charge in [-0.05, 0) is 23.3 Å². The molecule has 0 saturated carbocycles. The third kappa shape index (κ3) is 3.30. The molecule has 0 N–H and O–H groups in total. The number of halogens is 1. The van der Waals surface area contributed by atoms with Crippen LogP contribution in [0.4, 0.5) is 0 Å². The fraction of sp³-hybridized carbons (Fsp3) is 0.200. The van der Waals surface area contributed by atoms with Gasteiger partial charge in [0, 0.05) is 40.0 Å². The van der Waals surface area contributed by atoms with Crippen LogP contribution in [0.1, 0.15) is 25.0 Å². The molecule has 0 unspecified atom stereocenters. The first-order valence-corrected chi connectivity index (χ1v) is 5.91. The zero-order valence-electron chi connectivity index (χ0n) is 10.9. The largest absolute Gasteiger partial charge is 0.872 e. The van der Waals surface area contributed by atoms with Gasteiger partial charge < -0.3 is 5.11 Å². The summed E-state index contributed by atoms with van der Waals surface area (Å²) in [6.45, 7) is 4.27. The van der Waals surface area contributed by atoms with E-state index in [1.165, 1.54) is 5.56 Å². The Morgan fingerprint density at radius 2 is 1.22 bits per heavy atom. The SMILES string of the molecule is CC(C)(c1ccc([O-])cc1)c1ccc(Cl)cc1.[Na]. The fourth-order valence-corrected chi connectivity index (χ4v) is 2.03. The molecular weight excluding hydrogens is 255 g/mol. The maximum atomic E-state index is 11.1. The van der Waals surface area contributed by atoms with Crippen LogP contribution in [0, 0.1) is 0 Å². The normalized spacial score (nSPS) is 10.8. The Morgan fingerprint density at radius 1 is 0.833 bits per heavy atom. The van der Waals surface area contributed by atoms with Crippen molar-refractivity contribution in [1.82, 2.24) is 0 Å². The Hall–Kier alpha value is -0.470. The van der Waals surface area contributed by atoms with Crippen molar-refractivity contribution in [1.29, 1.82) is 0 Å². The van der Waals surface area contributed by atoms with Gasteiger partial charge in [0.1, 0.15) is 0 Å². The smallest absolute Gasteiger partial charge is 0.0406 e. The summed E-state index contributed by atoms with van der Waals surface area (Å²) in [5, 5.41) is 11.8. The van der Waals surface area contributed by atoms with Crippen molar-refractivity contribution in [2.45, 2.75) is 19.3 Å². The zero-order valence-corrected chi connectivity index (χ0v) is 13.7. The van der Waals surface area contributed by atoms with Gasteiger partial charge in [0.15, 0.2) is 0 Å². The minimum Gasteiger partial charge on any atom is -0.872 e. The van der Waals surface area contributed by atoms with Crippen LogP contribution in [0.25, 0.3) is 0 Å². The summed E-state index contributed by atoms with van der Waals surface area (Å²) in [4.78, 5) is 0. The van der Waals surface area contributed by atoms with E-state index in [1.54, 1.807) is 12.1 Å². The molecule has 1 nitrogen and oxygen atoms in total. The third-order valence-corrected chi connectivity index (χ3v) is 3.39. The molecule has 2 aromatic rings. The summed E-state index contributed by atoms with van der Waals surface area (Å²) < 4.78 is 0. The molecule has 18 heavy (non-hydrogen) atoms. The molecule has 0 aliphatic carbocycles. The fourth-order valence-electron chi connectivity index (χ4n) is 1.90. The Kier molecular flexibility index (Phi) is 5.30. The van der Waals surface area contributed by atoms with E-state index in [9.17, 15) is 5.11 Å². The molecule has 0 aliphatic heterocycles. The van der Waals surface area contributed by atoms with E-state index in [0.29, 0.717) is 0 Å². The van der Waals surface area contributed by atoms with Crippen molar-refractivity contribution in [3.05, 3.63) is 64.7 Å². The van der Waals surface area contributed by atoms with E-state index in [2.05, 4.69) is 13.8 Å². The number of hydrogen-bond acceptors (Lipinski definition) is 1. The Labute approximate surface area is 135 Å². The predicted octanol–water partition coefficient (Wildman–Crippen LogP) is 3.36. The first-order chi connectivity index (χ1) is 8.00. The molecule has 0 heterocycles. The topological polar surface area (TPSA) is 23.1 Å². The summed E-state index contributed by atoms with van der Waals surface area (Å²) in [6, 6.07) is 14.8. The summed E-state index contributed by atoms with van der Waals surface area (Å²) in [7, 11) is 0. The molecule has 0 aromatic heterocycles. The number of rotatable bonds is 2. The van der Waals surface area contributed by atoms with Crippen LogP contribution in [0.5, 0.6) is 5.75 Å². The average molecular weight is 269 g/mol. The molecule has 0 amide bonds. The van der Waals surface area contributed by atoms with Gasteiger partial charge >= 0.3 is 0 Å². The molecule has 89 valence electrons. The quantitative estimate of drug-likeness (QED) is 0.766. The molecule has 0 atom stereocenters. The Balaban J connectivity index is 0.00000162. The van der Waals surface area contributed by atoms with Gasteiger partial charge in [-0.3, -0.25) is 0 Å². The molecule has 0 aliphatic rings. The standard InChI is InChI=1S/C15H15ClO.Na/c1-15(2,11-3-7-13(16)8-4-11)12-5-9-14(17)10-6-12;/h3-10,17H,1-2H3;/p-1. The van der Waals surface area contributed by atoms with Crippen LogP contribution in [-0.4, -0.2) is 29.6 Å². The molecule has 3 heteroatoms. The van der Waals surface area contributed by atoms with Crippen molar-refractivity contribution in [3.8, 4) is 5.75 Å². The van der Waals surface area contributed by atoms with Gasteiger partial charge in [-0.25, -0.2) is 0 Å². The average Bonchev–Trinajstić information content (AvgIpc) is 2.30. The number of benzene rings is 2. The van der Waals surface area contributed by atoms with Gasteiger partial charge in [-0.1, -0.05) is 61.8 Å². The van der Waals surface area contributed by atoms with Crippen molar-refractivity contribution in [2.75, 3.05) is 0 Å². The van der Waals surface area contributed by atoms with E-state index in [1.807, 2.05) is 36.4 Å². The van der Waals surface area contributed by atoms with Crippen LogP contribution >= 0.6 is 11.6 Å².